The normalized spacial score (nSPS) is 15.9. The van der Waals surface area contributed by atoms with E-state index in [4.69, 9.17) is 10.5 Å². The number of nitrogens with zero attached hydrogens (tertiary/aromatic N) is 2. The van der Waals surface area contributed by atoms with Crippen LogP contribution in [-0.4, -0.2) is 67.6 Å². The maximum absolute atomic E-state index is 12.4. The van der Waals surface area contributed by atoms with E-state index in [-0.39, 0.29) is 30.8 Å². The SMILES string of the molecule is COCC(N)C(=O)N1CCCN(C(=O)CCc2ccccc2)CC1.Cl. The number of amides is 2. The molecule has 140 valence electrons. The molecule has 0 aromatic heterocycles. The fraction of sp³-hybridized carbons (Fsp3) is 0.556. The topological polar surface area (TPSA) is 75.9 Å². The summed E-state index contributed by atoms with van der Waals surface area (Å²) < 4.78 is 4.94. The average Bonchev–Trinajstić information content (AvgIpc) is 2.86. The molecule has 1 heterocycles. The Labute approximate surface area is 155 Å². The third kappa shape index (κ3) is 6.65. The molecule has 1 saturated heterocycles. The van der Waals surface area contributed by atoms with Gasteiger partial charge in [-0.3, -0.25) is 9.59 Å². The lowest BCUT2D eigenvalue weighted by Gasteiger charge is -2.24. The summed E-state index contributed by atoms with van der Waals surface area (Å²) in [5.41, 5.74) is 6.99. The van der Waals surface area contributed by atoms with Gasteiger partial charge in [-0.15, -0.1) is 12.4 Å². The first-order valence-electron chi connectivity index (χ1n) is 8.47. The van der Waals surface area contributed by atoms with Gasteiger partial charge in [-0.2, -0.15) is 0 Å². The lowest BCUT2D eigenvalue weighted by atomic mass is 10.1. The fourth-order valence-electron chi connectivity index (χ4n) is 2.93. The summed E-state index contributed by atoms with van der Waals surface area (Å²) in [5.74, 6) is 0.0461. The summed E-state index contributed by atoms with van der Waals surface area (Å²) >= 11 is 0. The number of ether oxygens (including phenoxy) is 1. The quantitative estimate of drug-likeness (QED) is 0.814. The van der Waals surface area contributed by atoms with E-state index in [2.05, 4.69) is 0 Å². The maximum Gasteiger partial charge on any atom is 0.241 e. The Morgan fingerprint density at radius 3 is 2.44 bits per heavy atom. The number of carbonyl (C=O) groups is 2. The predicted molar refractivity (Wildman–Crippen MR) is 99.6 cm³/mol. The van der Waals surface area contributed by atoms with Crippen molar-refractivity contribution < 1.29 is 14.3 Å². The molecule has 1 unspecified atom stereocenters. The minimum atomic E-state index is -0.629. The first-order chi connectivity index (χ1) is 11.6. The van der Waals surface area contributed by atoms with Gasteiger partial charge in [0.25, 0.3) is 0 Å². The molecule has 2 N–H and O–H groups in total. The Morgan fingerprint density at radius 1 is 1.12 bits per heavy atom. The molecule has 2 rings (SSSR count). The van der Waals surface area contributed by atoms with Crippen molar-refractivity contribution in [2.24, 2.45) is 5.73 Å². The van der Waals surface area contributed by atoms with Gasteiger partial charge < -0.3 is 20.3 Å². The Bertz CT molecular complexity index is 542. The zero-order valence-corrected chi connectivity index (χ0v) is 15.5. The number of rotatable bonds is 6. The smallest absolute Gasteiger partial charge is 0.241 e. The lowest BCUT2D eigenvalue weighted by Crippen LogP contribution is -2.47. The molecule has 1 aliphatic rings. The van der Waals surface area contributed by atoms with Crippen molar-refractivity contribution in [2.45, 2.75) is 25.3 Å². The van der Waals surface area contributed by atoms with Crippen LogP contribution in [0, 0.1) is 0 Å². The molecule has 6 nitrogen and oxygen atoms in total. The van der Waals surface area contributed by atoms with Crippen LogP contribution in [0.2, 0.25) is 0 Å². The average molecular weight is 370 g/mol. The highest BCUT2D eigenvalue weighted by Crippen LogP contribution is 2.09. The van der Waals surface area contributed by atoms with Crippen molar-refractivity contribution in [3.05, 3.63) is 35.9 Å². The number of nitrogens with two attached hydrogens (primary N) is 1. The number of benzene rings is 1. The van der Waals surface area contributed by atoms with Crippen LogP contribution in [0.3, 0.4) is 0 Å². The molecule has 1 aliphatic heterocycles. The molecule has 0 spiro atoms. The number of carbonyl (C=O) groups excluding carboxylic acids is 2. The number of hydrogen-bond donors (Lipinski definition) is 1. The van der Waals surface area contributed by atoms with Gasteiger partial charge in [0.05, 0.1) is 6.61 Å². The standard InChI is InChI=1S/C18H27N3O3.ClH/c1-24-14-16(19)18(23)21-11-5-10-20(12-13-21)17(22)9-8-15-6-3-2-4-7-15;/h2-4,6-7,16H,5,8-14,19H2,1H3;1H. The van der Waals surface area contributed by atoms with E-state index in [0.717, 1.165) is 12.8 Å². The predicted octanol–water partition coefficient (Wildman–Crippen LogP) is 1.08. The first-order valence-corrected chi connectivity index (χ1v) is 8.47. The molecule has 1 fully saturated rings. The number of halogens is 1. The Morgan fingerprint density at radius 2 is 1.76 bits per heavy atom. The highest BCUT2D eigenvalue weighted by molar-refractivity contribution is 5.85. The van der Waals surface area contributed by atoms with E-state index in [1.54, 1.807) is 4.90 Å². The largest absolute Gasteiger partial charge is 0.383 e. The summed E-state index contributed by atoms with van der Waals surface area (Å²) in [7, 11) is 1.53. The second-order valence-corrected chi connectivity index (χ2v) is 6.11. The summed E-state index contributed by atoms with van der Waals surface area (Å²) in [6.45, 7) is 2.65. The van der Waals surface area contributed by atoms with Crippen molar-refractivity contribution >= 4 is 24.2 Å². The summed E-state index contributed by atoms with van der Waals surface area (Å²) in [6.07, 6.45) is 2.03. The molecular weight excluding hydrogens is 342 g/mol. The summed E-state index contributed by atoms with van der Waals surface area (Å²) in [4.78, 5) is 28.3. The lowest BCUT2D eigenvalue weighted by molar-refractivity contribution is -0.135. The maximum atomic E-state index is 12.4. The third-order valence-electron chi connectivity index (χ3n) is 4.29. The Balaban J connectivity index is 0.00000312. The highest BCUT2D eigenvalue weighted by Gasteiger charge is 2.25. The number of hydrogen-bond acceptors (Lipinski definition) is 4. The number of aryl methyl sites for hydroxylation is 1. The van der Waals surface area contributed by atoms with E-state index in [9.17, 15) is 9.59 Å². The second-order valence-electron chi connectivity index (χ2n) is 6.11. The fourth-order valence-corrected chi connectivity index (χ4v) is 2.93. The molecular formula is C18H28ClN3O3. The van der Waals surface area contributed by atoms with Gasteiger partial charge in [-0.05, 0) is 18.4 Å². The van der Waals surface area contributed by atoms with E-state index in [1.165, 1.54) is 12.7 Å². The van der Waals surface area contributed by atoms with Crippen LogP contribution < -0.4 is 5.73 Å². The van der Waals surface area contributed by atoms with E-state index < -0.39 is 6.04 Å². The minimum absolute atomic E-state index is 0. The van der Waals surface area contributed by atoms with Crippen molar-refractivity contribution in [1.29, 1.82) is 0 Å². The molecule has 25 heavy (non-hydrogen) atoms. The molecule has 0 aliphatic carbocycles. The van der Waals surface area contributed by atoms with E-state index in [0.29, 0.717) is 32.6 Å². The Kier molecular flexibility index (Phi) is 9.49. The Hall–Kier alpha value is -1.63. The molecule has 0 radical (unpaired) electrons. The third-order valence-corrected chi connectivity index (χ3v) is 4.29. The van der Waals surface area contributed by atoms with Crippen LogP contribution in [0.25, 0.3) is 0 Å². The molecule has 1 aromatic rings. The van der Waals surface area contributed by atoms with Crippen molar-refractivity contribution in [2.75, 3.05) is 39.9 Å². The van der Waals surface area contributed by atoms with Gasteiger partial charge >= 0.3 is 0 Å². The van der Waals surface area contributed by atoms with Crippen molar-refractivity contribution in [3.63, 3.8) is 0 Å². The summed E-state index contributed by atoms with van der Waals surface area (Å²) in [6, 6.07) is 9.38. The van der Waals surface area contributed by atoms with Gasteiger partial charge in [-0.1, -0.05) is 30.3 Å². The molecule has 0 saturated carbocycles. The van der Waals surface area contributed by atoms with Gasteiger partial charge in [-0.25, -0.2) is 0 Å². The van der Waals surface area contributed by atoms with Crippen LogP contribution >= 0.6 is 12.4 Å². The van der Waals surface area contributed by atoms with E-state index in [1.807, 2.05) is 35.2 Å². The van der Waals surface area contributed by atoms with Crippen LogP contribution in [0.4, 0.5) is 0 Å². The van der Waals surface area contributed by atoms with Crippen LogP contribution in [-0.2, 0) is 20.7 Å². The molecule has 2 amide bonds. The first kappa shape index (κ1) is 21.4. The van der Waals surface area contributed by atoms with Crippen LogP contribution in [0.1, 0.15) is 18.4 Å². The number of methoxy groups -OCH3 is 1. The zero-order chi connectivity index (χ0) is 17.4. The van der Waals surface area contributed by atoms with Crippen molar-refractivity contribution in [1.82, 2.24) is 9.80 Å². The second kappa shape index (κ2) is 11.1. The van der Waals surface area contributed by atoms with Crippen LogP contribution in [0.5, 0.6) is 0 Å². The minimum Gasteiger partial charge on any atom is -0.383 e. The monoisotopic (exact) mass is 369 g/mol. The highest BCUT2D eigenvalue weighted by atomic mass is 35.5. The molecule has 7 heteroatoms. The zero-order valence-electron chi connectivity index (χ0n) is 14.7. The molecule has 1 aromatic carbocycles. The van der Waals surface area contributed by atoms with Gasteiger partial charge in [0.15, 0.2) is 0 Å². The van der Waals surface area contributed by atoms with Gasteiger partial charge in [0, 0.05) is 39.7 Å². The molecule has 1 atom stereocenters. The van der Waals surface area contributed by atoms with E-state index >= 15 is 0 Å². The van der Waals surface area contributed by atoms with Gasteiger partial charge in [0.1, 0.15) is 6.04 Å². The van der Waals surface area contributed by atoms with Gasteiger partial charge in [0.2, 0.25) is 11.8 Å². The van der Waals surface area contributed by atoms with Crippen molar-refractivity contribution in [3.8, 4) is 0 Å². The van der Waals surface area contributed by atoms with Crippen LogP contribution in [0.15, 0.2) is 30.3 Å². The summed E-state index contributed by atoms with van der Waals surface area (Å²) in [5, 5.41) is 0. The molecule has 0 bridgehead atoms.